The largest absolute Gasteiger partial charge is 0.327 e. The van der Waals surface area contributed by atoms with Crippen LogP contribution in [0.2, 0.25) is 0 Å². The van der Waals surface area contributed by atoms with E-state index in [1.807, 2.05) is 23.2 Å². The number of thiazole rings is 1. The molecule has 3 rings (SSSR count). The van der Waals surface area contributed by atoms with Crippen molar-refractivity contribution in [3.63, 3.8) is 0 Å². The van der Waals surface area contributed by atoms with Crippen molar-refractivity contribution < 1.29 is 0 Å². The molecule has 20 heavy (non-hydrogen) atoms. The molecule has 0 saturated carbocycles. The van der Waals surface area contributed by atoms with Crippen LogP contribution in [0.4, 0.5) is 0 Å². The number of aryl methyl sites for hydroxylation is 1. The predicted octanol–water partition coefficient (Wildman–Crippen LogP) is 1.96. The monoisotopic (exact) mass is 308 g/mol. The van der Waals surface area contributed by atoms with Crippen LogP contribution in [0.3, 0.4) is 0 Å². The molecule has 0 saturated heterocycles. The van der Waals surface area contributed by atoms with Crippen LogP contribution in [0.25, 0.3) is 4.96 Å². The second kappa shape index (κ2) is 5.55. The Hall–Kier alpha value is -1.38. The molecule has 2 N–H and O–H groups in total. The molecule has 1 atom stereocenters. The zero-order chi connectivity index (χ0) is 14.1. The van der Waals surface area contributed by atoms with Crippen molar-refractivity contribution in [3.8, 4) is 0 Å². The van der Waals surface area contributed by atoms with Gasteiger partial charge in [-0.05, 0) is 18.2 Å². The first-order valence-corrected chi connectivity index (χ1v) is 8.10. The molecule has 106 valence electrons. The summed E-state index contributed by atoms with van der Waals surface area (Å²) in [4.78, 5) is 5.68. The van der Waals surface area contributed by atoms with Crippen molar-refractivity contribution in [2.75, 3.05) is 0 Å². The summed E-state index contributed by atoms with van der Waals surface area (Å²) in [6.07, 6.45) is 5.50. The minimum absolute atomic E-state index is 0.147. The predicted molar refractivity (Wildman–Crippen MR) is 80.2 cm³/mol. The van der Waals surface area contributed by atoms with Crippen LogP contribution in [0.5, 0.6) is 0 Å². The Labute approximate surface area is 125 Å². The summed E-state index contributed by atoms with van der Waals surface area (Å²) in [6.45, 7) is 2.10. The Balaban J connectivity index is 1.98. The summed E-state index contributed by atoms with van der Waals surface area (Å²) >= 11 is 3.17. The SMILES string of the molecule is CCC(N)Cc1c(Sc2nncn2C)nc2sccn12. The van der Waals surface area contributed by atoms with Gasteiger partial charge in [-0.25, -0.2) is 4.98 Å². The van der Waals surface area contributed by atoms with Gasteiger partial charge < -0.3 is 10.3 Å². The minimum Gasteiger partial charge on any atom is -0.327 e. The van der Waals surface area contributed by atoms with Gasteiger partial charge in [0.25, 0.3) is 0 Å². The molecule has 0 aliphatic carbocycles. The Morgan fingerprint density at radius 2 is 2.35 bits per heavy atom. The third-order valence-corrected chi connectivity index (χ3v) is 4.99. The average molecular weight is 308 g/mol. The molecule has 3 heterocycles. The lowest BCUT2D eigenvalue weighted by Gasteiger charge is -2.09. The van der Waals surface area contributed by atoms with Gasteiger partial charge in [0, 0.05) is 31.1 Å². The first kappa shape index (κ1) is 13.6. The van der Waals surface area contributed by atoms with E-state index in [1.165, 1.54) is 11.8 Å². The standard InChI is InChI=1S/C12H16N6S2/c1-3-8(13)6-9-10(15-11-18(9)4-5-19-11)20-12-16-14-7-17(12)2/h4-5,7-8H,3,6,13H2,1-2H3. The van der Waals surface area contributed by atoms with E-state index in [0.29, 0.717) is 0 Å². The number of fused-ring (bicyclic) bond motifs is 1. The van der Waals surface area contributed by atoms with Gasteiger partial charge in [0.15, 0.2) is 10.1 Å². The molecule has 6 nitrogen and oxygen atoms in total. The van der Waals surface area contributed by atoms with Crippen LogP contribution in [0, 0.1) is 0 Å². The van der Waals surface area contributed by atoms with Gasteiger partial charge in [-0.2, -0.15) is 0 Å². The summed E-state index contributed by atoms with van der Waals surface area (Å²) < 4.78 is 4.01. The second-order valence-corrected chi connectivity index (χ2v) is 6.45. The fourth-order valence-corrected chi connectivity index (χ4v) is 3.60. The molecule has 0 fully saturated rings. The molecular weight excluding hydrogens is 292 g/mol. The number of imidazole rings is 1. The van der Waals surface area contributed by atoms with Crippen LogP contribution in [-0.4, -0.2) is 30.2 Å². The highest BCUT2D eigenvalue weighted by Crippen LogP contribution is 2.31. The van der Waals surface area contributed by atoms with E-state index >= 15 is 0 Å². The first-order valence-electron chi connectivity index (χ1n) is 6.41. The topological polar surface area (TPSA) is 74.0 Å². The summed E-state index contributed by atoms with van der Waals surface area (Å²) in [6, 6.07) is 0.147. The second-order valence-electron chi connectivity index (χ2n) is 4.62. The number of nitrogens with zero attached hydrogens (tertiary/aromatic N) is 5. The normalized spacial score (nSPS) is 13.2. The molecule has 8 heteroatoms. The third-order valence-electron chi connectivity index (χ3n) is 3.16. The summed E-state index contributed by atoms with van der Waals surface area (Å²) in [5.41, 5.74) is 7.27. The lowest BCUT2D eigenvalue weighted by atomic mass is 10.1. The van der Waals surface area contributed by atoms with E-state index in [2.05, 4.69) is 26.5 Å². The third kappa shape index (κ3) is 2.46. The molecule has 0 radical (unpaired) electrons. The van der Waals surface area contributed by atoms with Crippen LogP contribution in [0.15, 0.2) is 28.1 Å². The molecule has 0 aromatic carbocycles. The number of aromatic nitrogens is 5. The summed E-state index contributed by atoms with van der Waals surface area (Å²) in [5.74, 6) is 0. The van der Waals surface area contributed by atoms with Crippen LogP contribution >= 0.6 is 23.1 Å². The van der Waals surface area contributed by atoms with Gasteiger partial charge in [-0.3, -0.25) is 4.40 Å². The van der Waals surface area contributed by atoms with E-state index in [0.717, 1.165) is 33.7 Å². The van der Waals surface area contributed by atoms with E-state index in [1.54, 1.807) is 17.7 Å². The van der Waals surface area contributed by atoms with Gasteiger partial charge >= 0.3 is 0 Å². The minimum atomic E-state index is 0.147. The molecule has 1 unspecified atom stereocenters. The zero-order valence-electron chi connectivity index (χ0n) is 11.4. The summed E-state index contributed by atoms with van der Waals surface area (Å²) in [7, 11) is 1.93. The van der Waals surface area contributed by atoms with Crippen molar-refractivity contribution in [3.05, 3.63) is 23.6 Å². The lowest BCUT2D eigenvalue weighted by molar-refractivity contribution is 0.627. The molecule has 0 spiro atoms. The zero-order valence-corrected chi connectivity index (χ0v) is 13.0. The Morgan fingerprint density at radius 3 is 3.05 bits per heavy atom. The van der Waals surface area contributed by atoms with Crippen molar-refractivity contribution in [2.24, 2.45) is 12.8 Å². The molecule has 0 aliphatic heterocycles. The maximum Gasteiger partial charge on any atom is 0.197 e. The number of hydrogen-bond acceptors (Lipinski definition) is 6. The highest BCUT2D eigenvalue weighted by atomic mass is 32.2. The van der Waals surface area contributed by atoms with Crippen molar-refractivity contribution in [1.82, 2.24) is 24.1 Å². The Kier molecular flexibility index (Phi) is 3.77. The van der Waals surface area contributed by atoms with Gasteiger partial charge in [0.2, 0.25) is 0 Å². The number of hydrogen-bond donors (Lipinski definition) is 1. The maximum atomic E-state index is 6.12. The lowest BCUT2D eigenvalue weighted by Crippen LogP contribution is -2.22. The summed E-state index contributed by atoms with van der Waals surface area (Å²) in [5, 5.41) is 11.9. The molecule has 0 bridgehead atoms. The van der Waals surface area contributed by atoms with E-state index < -0.39 is 0 Å². The number of nitrogens with two attached hydrogens (primary N) is 1. The molecule has 0 amide bonds. The maximum absolute atomic E-state index is 6.12. The van der Waals surface area contributed by atoms with Crippen molar-refractivity contribution >= 4 is 28.1 Å². The molecule has 0 aliphatic rings. The Morgan fingerprint density at radius 1 is 1.50 bits per heavy atom. The van der Waals surface area contributed by atoms with E-state index in [9.17, 15) is 0 Å². The fourth-order valence-electron chi connectivity index (χ4n) is 1.92. The van der Waals surface area contributed by atoms with Gasteiger partial charge in [0.05, 0.1) is 5.69 Å². The average Bonchev–Trinajstić information content (AvgIpc) is 3.10. The van der Waals surface area contributed by atoms with Gasteiger partial charge in [-0.1, -0.05) is 6.92 Å². The van der Waals surface area contributed by atoms with Crippen molar-refractivity contribution in [1.29, 1.82) is 0 Å². The Bertz CT molecular complexity index is 712. The fraction of sp³-hybridized carbons (Fsp3) is 0.417. The highest BCUT2D eigenvalue weighted by molar-refractivity contribution is 7.99. The first-order chi connectivity index (χ1) is 9.69. The molecule has 3 aromatic heterocycles. The van der Waals surface area contributed by atoms with Crippen LogP contribution < -0.4 is 5.73 Å². The quantitative estimate of drug-likeness (QED) is 0.780. The smallest absolute Gasteiger partial charge is 0.197 e. The van der Waals surface area contributed by atoms with Crippen molar-refractivity contribution in [2.45, 2.75) is 36.0 Å². The van der Waals surface area contributed by atoms with Crippen LogP contribution in [0.1, 0.15) is 19.0 Å². The van der Waals surface area contributed by atoms with Gasteiger partial charge in [-0.15, -0.1) is 21.5 Å². The molecular formula is C12H16N6S2. The van der Waals surface area contributed by atoms with Gasteiger partial charge in [0.1, 0.15) is 11.4 Å². The van der Waals surface area contributed by atoms with E-state index in [4.69, 9.17) is 5.73 Å². The van der Waals surface area contributed by atoms with E-state index in [-0.39, 0.29) is 6.04 Å². The van der Waals surface area contributed by atoms with Crippen LogP contribution in [-0.2, 0) is 13.5 Å². The number of rotatable bonds is 5. The molecule has 3 aromatic rings. The highest BCUT2D eigenvalue weighted by Gasteiger charge is 2.18.